The molecule has 0 bridgehead atoms. The summed E-state index contributed by atoms with van der Waals surface area (Å²) in [5.41, 5.74) is 6.64. The lowest BCUT2D eigenvalue weighted by atomic mass is 10.3. The number of nitrogen functional groups attached to an aromatic ring is 1. The van der Waals surface area contributed by atoms with Crippen molar-refractivity contribution in [3.8, 4) is 17.8 Å². The van der Waals surface area contributed by atoms with Gasteiger partial charge in [0.2, 0.25) is 5.95 Å². The van der Waals surface area contributed by atoms with Crippen LogP contribution in [0.25, 0.3) is 0 Å². The zero-order valence-corrected chi connectivity index (χ0v) is 12.6. The van der Waals surface area contributed by atoms with Gasteiger partial charge in [0.1, 0.15) is 5.75 Å². The van der Waals surface area contributed by atoms with E-state index in [9.17, 15) is 0 Å². The minimum atomic E-state index is -0.0586. The number of rotatable bonds is 5. The van der Waals surface area contributed by atoms with E-state index in [0.717, 1.165) is 5.69 Å². The van der Waals surface area contributed by atoms with Gasteiger partial charge in [0.25, 0.3) is 0 Å². The van der Waals surface area contributed by atoms with Gasteiger partial charge >= 0.3 is 12.0 Å². The normalized spacial score (nSPS) is 10.5. The average molecular weight is 289 g/mol. The minimum absolute atomic E-state index is 0.0550. The van der Waals surface area contributed by atoms with Gasteiger partial charge in [-0.05, 0) is 26.0 Å². The Morgan fingerprint density at radius 3 is 2.48 bits per heavy atom. The second-order valence-electron chi connectivity index (χ2n) is 4.92. The molecule has 0 amide bonds. The zero-order valence-electron chi connectivity index (χ0n) is 12.6. The van der Waals surface area contributed by atoms with Crippen LogP contribution in [0.3, 0.4) is 0 Å². The number of hydrogen-bond acceptors (Lipinski definition) is 7. The number of nitrogens with two attached hydrogens (primary N) is 1. The van der Waals surface area contributed by atoms with Crippen molar-refractivity contribution in [2.75, 3.05) is 24.7 Å². The summed E-state index contributed by atoms with van der Waals surface area (Å²) in [4.78, 5) is 13.9. The van der Waals surface area contributed by atoms with Gasteiger partial charge in [-0.1, -0.05) is 6.07 Å². The summed E-state index contributed by atoms with van der Waals surface area (Å²) in [6.45, 7) is 3.75. The molecule has 0 aliphatic heterocycles. The van der Waals surface area contributed by atoms with E-state index in [1.165, 1.54) is 0 Å². The van der Waals surface area contributed by atoms with Crippen LogP contribution in [0.5, 0.6) is 17.8 Å². The Hall–Kier alpha value is -2.57. The number of anilines is 2. The molecule has 0 spiro atoms. The van der Waals surface area contributed by atoms with Crippen LogP contribution in [0.1, 0.15) is 13.8 Å². The van der Waals surface area contributed by atoms with Crippen molar-refractivity contribution in [2.24, 2.45) is 0 Å². The van der Waals surface area contributed by atoms with Crippen LogP contribution >= 0.6 is 0 Å². The van der Waals surface area contributed by atoms with Crippen molar-refractivity contribution in [1.82, 2.24) is 15.0 Å². The molecule has 21 heavy (non-hydrogen) atoms. The first-order chi connectivity index (χ1) is 9.94. The van der Waals surface area contributed by atoms with E-state index < -0.39 is 0 Å². The predicted octanol–water partition coefficient (Wildman–Crippen LogP) is 2.10. The van der Waals surface area contributed by atoms with E-state index in [1.807, 2.05) is 57.1 Å². The highest BCUT2D eigenvalue weighted by Gasteiger charge is 2.09. The van der Waals surface area contributed by atoms with Crippen LogP contribution in [0.2, 0.25) is 0 Å². The summed E-state index contributed by atoms with van der Waals surface area (Å²) in [6.07, 6.45) is -0.0586. The SMILES string of the molecule is CC(C)Oc1nc(N)nc(Oc2cccc(N(C)C)c2)n1. The lowest BCUT2D eigenvalue weighted by molar-refractivity contribution is 0.219. The maximum atomic E-state index is 5.64. The maximum Gasteiger partial charge on any atom is 0.330 e. The molecule has 2 N–H and O–H groups in total. The quantitative estimate of drug-likeness (QED) is 0.901. The summed E-state index contributed by atoms with van der Waals surface area (Å²) in [6, 6.07) is 7.81. The molecule has 0 radical (unpaired) electrons. The molecule has 0 atom stereocenters. The number of aromatic nitrogens is 3. The lowest BCUT2D eigenvalue weighted by Crippen LogP contribution is -2.11. The van der Waals surface area contributed by atoms with Gasteiger partial charge in [-0.15, -0.1) is 4.98 Å². The molecule has 7 heteroatoms. The molecule has 0 fully saturated rings. The summed E-state index contributed by atoms with van der Waals surface area (Å²) in [7, 11) is 3.91. The molecular weight excluding hydrogens is 270 g/mol. The molecule has 0 aliphatic carbocycles. The largest absolute Gasteiger partial charge is 0.461 e. The fourth-order valence-electron chi connectivity index (χ4n) is 1.59. The second kappa shape index (κ2) is 6.25. The van der Waals surface area contributed by atoms with Gasteiger partial charge in [-0.25, -0.2) is 0 Å². The lowest BCUT2D eigenvalue weighted by Gasteiger charge is -2.13. The van der Waals surface area contributed by atoms with E-state index in [0.29, 0.717) is 5.75 Å². The monoisotopic (exact) mass is 289 g/mol. The molecule has 2 aromatic rings. The standard InChI is InChI=1S/C14H19N5O2/c1-9(2)20-13-16-12(15)17-14(18-13)21-11-7-5-6-10(8-11)19(3)4/h5-9H,1-4H3,(H2,15,16,17,18). The van der Waals surface area contributed by atoms with E-state index in [-0.39, 0.29) is 24.1 Å². The number of ether oxygens (including phenoxy) is 2. The van der Waals surface area contributed by atoms with Crippen LogP contribution in [0.15, 0.2) is 24.3 Å². The molecule has 0 aliphatic rings. The van der Waals surface area contributed by atoms with Gasteiger partial charge < -0.3 is 20.1 Å². The third-order valence-electron chi connectivity index (χ3n) is 2.50. The zero-order chi connectivity index (χ0) is 15.4. The van der Waals surface area contributed by atoms with Gasteiger partial charge in [0.05, 0.1) is 6.10 Å². The minimum Gasteiger partial charge on any atom is -0.461 e. The smallest absolute Gasteiger partial charge is 0.330 e. The molecule has 0 saturated carbocycles. The average Bonchev–Trinajstić information content (AvgIpc) is 2.37. The summed E-state index contributed by atoms with van der Waals surface area (Å²) in [5, 5.41) is 0. The molecule has 112 valence electrons. The Bertz CT molecular complexity index is 616. The molecule has 1 aromatic heterocycles. The fraction of sp³-hybridized carbons (Fsp3) is 0.357. The van der Waals surface area contributed by atoms with Crippen LogP contribution in [0.4, 0.5) is 11.6 Å². The molecule has 1 heterocycles. The highest BCUT2D eigenvalue weighted by Crippen LogP contribution is 2.24. The first kappa shape index (κ1) is 14.8. The van der Waals surface area contributed by atoms with Crippen molar-refractivity contribution in [3.63, 3.8) is 0 Å². The molecular formula is C14H19N5O2. The van der Waals surface area contributed by atoms with E-state index in [1.54, 1.807) is 0 Å². The summed E-state index contributed by atoms with van der Waals surface area (Å²) in [5.74, 6) is 0.668. The fourth-order valence-corrected chi connectivity index (χ4v) is 1.59. The Morgan fingerprint density at radius 2 is 1.81 bits per heavy atom. The van der Waals surface area contributed by atoms with Crippen LogP contribution < -0.4 is 20.1 Å². The number of nitrogens with zero attached hydrogens (tertiary/aromatic N) is 4. The molecule has 0 unspecified atom stereocenters. The van der Waals surface area contributed by atoms with Crippen molar-refractivity contribution in [2.45, 2.75) is 20.0 Å². The maximum absolute atomic E-state index is 5.64. The highest BCUT2D eigenvalue weighted by atomic mass is 16.5. The first-order valence-electron chi connectivity index (χ1n) is 6.57. The summed E-state index contributed by atoms with van der Waals surface area (Å²) >= 11 is 0. The third-order valence-corrected chi connectivity index (χ3v) is 2.50. The predicted molar refractivity (Wildman–Crippen MR) is 80.8 cm³/mol. The van der Waals surface area contributed by atoms with Crippen molar-refractivity contribution < 1.29 is 9.47 Å². The van der Waals surface area contributed by atoms with E-state index in [4.69, 9.17) is 15.2 Å². The molecule has 0 saturated heterocycles. The second-order valence-corrected chi connectivity index (χ2v) is 4.92. The van der Waals surface area contributed by atoms with Crippen molar-refractivity contribution >= 4 is 11.6 Å². The Morgan fingerprint density at radius 1 is 1.10 bits per heavy atom. The Kier molecular flexibility index (Phi) is 4.42. The Labute approximate surface area is 123 Å². The van der Waals surface area contributed by atoms with Crippen molar-refractivity contribution in [3.05, 3.63) is 24.3 Å². The highest BCUT2D eigenvalue weighted by molar-refractivity contribution is 5.49. The third kappa shape index (κ3) is 4.20. The van der Waals surface area contributed by atoms with Gasteiger partial charge in [0.15, 0.2) is 0 Å². The van der Waals surface area contributed by atoms with E-state index >= 15 is 0 Å². The first-order valence-corrected chi connectivity index (χ1v) is 6.57. The topological polar surface area (TPSA) is 86.4 Å². The Balaban J connectivity index is 2.22. The summed E-state index contributed by atoms with van der Waals surface area (Å²) < 4.78 is 11.0. The number of hydrogen-bond donors (Lipinski definition) is 1. The number of benzene rings is 1. The van der Waals surface area contributed by atoms with Crippen LogP contribution in [-0.4, -0.2) is 35.2 Å². The van der Waals surface area contributed by atoms with Gasteiger partial charge in [-0.3, -0.25) is 0 Å². The van der Waals surface area contributed by atoms with Gasteiger partial charge in [0, 0.05) is 25.8 Å². The van der Waals surface area contributed by atoms with Crippen molar-refractivity contribution in [1.29, 1.82) is 0 Å². The van der Waals surface area contributed by atoms with E-state index in [2.05, 4.69) is 15.0 Å². The van der Waals surface area contributed by atoms with Crippen LogP contribution in [-0.2, 0) is 0 Å². The molecule has 2 rings (SSSR count). The van der Waals surface area contributed by atoms with Crippen LogP contribution in [0, 0.1) is 0 Å². The van der Waals surface area contributed by atoms with Gasteiger partial charge in [-0.2, -0.15) is 9.97 Å². The molecule has 1 aromatic carbocycles. The molecule has 7 nitrogen and oxygen atoms in total.